The minimum Gasteiger partial charge on any atom is -0.444 e. The van der Waals surface area contributed by atoms with Crippen molar-refractivity contribution in [2.45, 2.75) is 156 Å². The predicted octanol–water partition coefficient (Wildman–Crippen LogP) is 4.36. The molecule has 1 saturated carbocycles. The molecule has 0 aromatic carbocycles. The monoisotopic (exact) mass is 667 g/mol. The van der Waals surface area contributed by atoms with E-state index in [1.807, 2.05) is 6.92 Å². The fourth-order valence-corrected chi connectivity index (χ4v) is 5.49. The van der Waals surface area contributed by atoms with Crippen molar-refractivity contribution in [3.63, 3.8) is 0 Å². The lowest BCUT2D eigenvalue weighted by molar-refractivity contribution is -0.143. The normalized spacial score (nSPS) is 18.1. The summed E-state index contributed by atoms with van der Waals surface area (Å²) in [5, 5.41) is 10.5. The average Bonchev–Trinajstić information content (AvgIpc) is 3.46. The van der Waals surface area contributed by atoms with Crippen LogP contribution in [0.15, 0.2) is 0 Å². The molecule has 47 heavy (non-hydrogen) atoms. The Morgan fingerprint density at radius 3 is 1.85 bits per heavy atom. The third-order valence-electron chi connectivity index (χ3n) is 7.41. The van der Waals surface area contributed by atoms with Crippen LogP contribution in [0.4, 0.5) is 9.59 Å². The largest absolute Gasteiger partial charge is 0.444 e. The van der Waals surface area contributed by atoms with Gasteiger partial charge >= 0.3 is 12.2 Å². The van der Waals surface area contributed by atoms with Crippen molar-refractivity contribution in [1.82, 2.24) is 26.2 Å². The van der Waals surface area contributed by atoms with Crippen molar-refractivity contribution < 1.29 is 38.2 Å². The fourth-order valence-electron chi connectivity index (χ4n) is 5.49. The molecule has 2 unspecified atom stereocenters. The molecular weight excluding hydrogens is 606 g/mol. The van der Waals surface area contributed by atoms with E-state index < -0.39 is 59.1 Å². The molecule has 2 aliphatic rings. The van der Waals surface area contributed by atoms with Gasteiger partial charge in [-0.15, -0.1) is 0 Å². The number of carbonyl (C=O) groups is 6. The number of carbonyl (C=O) groups excluding carboxylic acids is 6. The Kier molecular flexibility index (Phi) is 17.8. The van der Waals surface area contributed by atoms with E-state index in [9.17, 15) is 28.8 Å². The molecule has 2 fully saturated rings. The highest BCUT2D eigenvalue weighted by Gasteiger charge is 2.42. The molecule has 0 spiro atoms. The molecule has 270 valence electrons. The Bertz CT molecular complexity index is 1050. The Balaban J connectivity index is 0.00000354. The van der Waals surface area contributed by atoms with Gasteiger partial charge in [-0.25, -0.2) is 9.59 Å². The first kappa shape index (κ1) is 41.6. The van der Waals surface area contributed by atoms with Crippen molar-refractivity contribution >= 4 is 35.7 Å². The van der Waals surface area contributed by atoms with Gasteiger partial charge in [0.15, 0.2) is 0 Å². The molecule has 0 aromatic heterocycles. The highest BCUT2D eigenvalue weighted by atomic mass is 16.6. The summed E-state index contributed by atoms with van der Waals surface area (Å²) in [4.78, 5) is 78.9. The summed E-state index contributed by atoms with van der Waals surface area (Å²) in [7, 11) is 0. The molecule has 0 aromatic rings. The molecule has 0 radical (unpaired) electrons. The number of nitrogens with zero attached hydrogens (tertiary/aromatic N) is 1. The number of hydrogen-bond acceptors (Lipinski definition) is 8. The molecule has 1 heterocycles. The summed E-state index contributed by atoms with van der Waals surface area (Å²) in [6, 6.07) is -2.73. The van der Waals surface area contributed by atoms with Gasteiger partial charge in [0.2, 0.25) is 17.6 Å². The number of likely N-dealkylation sites (tertiary alicyclic amines) is 1. The average molecular weight is 668 g/mol. The third kappa shape index (κ3) is 15.8. The minimum absolute atomic E-state index is 0.00524. The maximum atomic E-state index is 13.9. The molecule has 13 nitrogen and oxygen atoms in total. The van der Waals surface area contributed by atoms with Gasteiger partial charge in [0.25, 0.3) is 5.91 Å². The molecule has 1 aliphatic carbocycles. The number of nitrogens with one attached hydrogen (secondary N) is 4. The van der Waals surface area contributed by atoms with Gasteiger partial charge in [0.05, 0.1) is 6.04 Å². The van der Waals surface area contributed by atoms with E-state index in [4.69, 9.17) is 9.47 Å². The molecule has 0 bridgehead atoms. The number of rotatable bonds is 12. The first-order chi connectivity index (χ1) is 21.9. The first-order valence-corrected chi connectivity index (χ1v) is 17.3. The van der Waals surface area contributed by atoms with E-state index in [1.165, 1.54) is 11.3 Å². The number of alkyl carbamates (subject to hydrolysis) is 2. The van der Waals surface area contributed by atoms with Crippen LogP contribution in [0.2, 0.25) is 0 Å². The smallest absolute Gasteiger partial charge is 0.408 e. The Morgan fingerprint density at radius 2 is 1.30 bits per heavy atom. The zero-order chi connectivity index (χ0) is 35.8. The maximum Gasteiger partial charge on any atom is 0.408 e. The van der Waals surface area contributed by atoms with Gasteiger partial charge in [-0.1, -0.05) is 52.9 Å². The minimum atomic E-state index is -1.07. The van der Waals surface area contributed by atoms with Gasteiger partial charge in [0.1, 0.15) is 23.3 Å². The van der Waals surface area contributed by atoms with Gasteiger partial charge in [0, 0.05) is 19.6 Å². The lowest BCUT2D eigenvalue weighted by Gasteiger charge is -2.35. The van der Waals surface area contributed by atoms with E-state index in [-0.39, 0.29) is 31.3 Å². The molecular formula is C34H61N5O8. The SMILES string of the molecule is CCC.CCCC(NC(=O)[C@@H]1CCCN1C(=O)C(NC(=O)OC(C)(C)C)C1CCCCC1)C(=O)C(=O)NCCNC(=O)OC(C)(C)C. The van der Waals surface area contributed by atoms with Crippen LogP contribution in [0.5, 0.6) is 0 Å². The first-order valence-electron chi connectivity index (χ1n) is 17.3. The van der Waals surface area contributed by atoms with E-state index in [0.717, 1.165) is 32.1 Å². The van der Waals surface area contributed by atoms with Gasteiger partial charge in [-0.2, -0.15) is 0 Å². The molecule has 5 amide bonds. The molecule has 4 N–H and O–H groups in total. The summed E-state index contributed by atoms with van der Waals surface area (Å²) >= 11 is 0. The Hall–Kier alpha value is -3.38. The second kappa shape index (κ2) is 20.1. The van der Waals surface area contributed by atoms with Crippen LogP contribution >= 0.6 is 0 Å². The van der Waals surface area contributed by atoms with Gasteiger partial charge < -0.3 is 35.6 Å². The van der Waals surface area contributed by atoms with Crippen LogP contribution in [-0.2, 0) is 28.7 Å². The summed E-state index contributed by atoms with van der Waals surface area (Å²) < 4.78 is 10.6. The number of hydrogen-bond donors (Lipinski definition) is 4. The van der Waals surface area contributed by atoms with E-state index >= 15 is 0 Å². The van der Waals surface area contributed by atoms with Crippen LogP contribution in [0.3, 0.4) is 0 Å². The highest BCUT2D eigenvalue weighted by Crippen LogP contribution is 2.29. The number of Topliss-reactive ketones (excluding diaryl/α,β-unsaturated/α-hetero) is 1. The summed E-state index contributed by atoms with van der Waals surface area (Å²) in [6.07, 6.45) is 6.23. The molecule has 2 rings (SSSR count). The zero-order valence-electron chi connectivity index (χ0n) is 30.2. The maximum absolute atomic E-state index is 13.9. The topological polar surface area (TPSA) is 172 Å². The predicted molar refractivity (Wildman–Crippen MR) is 180 cm³/mol. The third-order valence-corrected chi connectivity index (χ3v) is 7.41. The lowest BCUT2D eigenvalue weighted by atomic mass is 9.83. The Morgan fingerprint density at radius 1 is 0.745 bits per heavy atom. The number of ketones is 1. The van der Waals surface area contributed by atoms with Crippen molar-refractivity contribution in [2.24, 2.45) is 5.92 Å². The van der Waals surface area contributed by atoms with Crippen molar-refractivity contribution in [1.29, 1.82) is 0 Å². The van der Waals surface area contributed by atoms with Crippen LogP contribution < -0.4 is 21.3 Å². The number of amides is 5. The molecule has 3 atom stereocenters. The highest BCUT2D eigenvalue weighted by molar-refractivity contribution is 6.38. The summed E-state index contributed by atoms with van der Waals surface area (Å²) in [6.45, 7) is 16.9. The van der Waals surface area contributed by atoms with E-state index in [0.29, 0.717) is 25.8 Å². The lowest BCUT2D eigenvalue weighted by Crippen LogP contribution is -2.58. The molecule has 1 aliphatic heterocycles. The van der Waals surface area contributed by atoms with Crippen LogP contribution in [0.1, 0.15) is 127 Å². The second-order valence-corrected chi connectivity index (χ2v) is 14.3. The van der Waals surface area contributed by atoms with Gasteiger partial charge in [-0.05, 0) is 79.6 Å². The summed E-state index contributed by atoms with van der Waals surface area (Å²) in [5.41, 5.74) is -1.40. The number of ether oxygens (including phenoxy) is 2. The van der Waals surface area contributed by atoms with Gasteiger partial charge in [-0.3, -0.25) is 19.2 Å². The van der Waals surface area contributed by atoms with Crippen LogP contribution in [0, 0.1) is 5.92 Å². The van der Waals surface area contributed by atoms with Crippen molar-refractivity contribution in [3.05, 3.63) is 0 Å². The van der Waals surface area contributed by atoms with Crippen LogP contribution in [0.25, 0.3) is 0 Å². The summed E-state index contributed by atoms with van der Waals surface area (Å²) in [5.74, 6) is -2.61. The van der Waals surface area contributed by atoms with Crippen LogP contribution in [-0.4, -0.2) is 89.6 Å². The second-order valence-electron chi connectivity index (χ2n) is 14.3. The zero-order valence-corrected chi connectivity index (χ0v) is 30.2. The standard InChI is InChI=1S/C31H53N5O8.C3H8/c1-8-13-21(24(37)26(39)32-17-18-33-28(41)43-30(2,3)4)34-25(38)22-16-12-19-36(22)27(40)23(20-14-10-9-11-15-20)35-29(42)44-31(5,6)7;1-3-2/h20-23H,8-19H2,1-7H3,(H,32,39)(H,33,41)(H,34,38)(H,35,42);3H2,1-2H3/t21?,22-,23?;/m0./s1. The Labute approximate surface area is 281 Å². The quantitative estimate of drug-likeness (QED) is 0.176. The fraction of sp³-hybridized carbons (Fsp3) is 0.824. The molecule has 13 heteroatoms. The molecule has 1 saturated heterocycles. The van der Waals surface area contributed by atoms with E-state index in [2.05, 4.69) is 35.1 Å². The van der Waals surface area contributed by atoms with Crippen molar-refractivity contribution in [2.75, 3.05) is 19.6 Å². The van der Waals surface area contributed by atoms with Crippen molar-refractivity contribution in [3.8, 4) is 0 Å². The van der Waals surface area contributed by atoms with E-state index in [1.54, 1.807) is 41.5 Å².